The molecule has 10 heteroatoms. The van der Waals surface area contributed by atoms with Crippen LogP contribution in [0.15, 0.2) is 53.5 Å². The number of nitrogens with one attached hydrogen (secondary N) is 2. The van der Waals surface area contributed by atoms with Crippen LogP contribution in [0.5, 0.6) is 11.5 Å². The molecular weight excluding hydrogens is 476 g/mol. The van der Waals surface area contributed by atoms with Crippen molar-refractivity contribution in [2.24, 2.45) is 0 Å². The van der Waals surface area contributed by atoms with Gasteiger partial charge in [0.25, 0.3) is 5.91 Å². The van der Waals surface area contributed by atoms with Crippen LogP contribution in [0.25, 0.3) is 0 Å². The van der Waals surface area contributed by atoms with Crippen LogP contribution in [0, 0.1) is 6.92 Å². The van der Waals surface area contributed by atoms with Crippen LogP contribution in [0.1, 0.15) is 18.1 Å². The van der Waals surface area contributed by atoms with Crippen LogP contribution in [0.4, 0.5) is 11.6 Å². The fraction of sp³-hybridized carbons (Fsp3) is 0.273. The van der Waals surface area contributed by atoms with E-state index in [1.54, 1.807) is 10.8 Å². The van der Waals surface area contributed by atoms with Crippen LogP contribution in [0.2, 0.25) is 0 Å². The molecule has 3 aromatic rings. The average molecular weight is 501 g/mol. The highest BCUT2D eigenvalue weighted by molar-refractivity contribution is 9.10. The summed E-state index contributed by atoms with van der Waals surface area (Å²) in [5.41, 5.74) is 2.76. The summed E-state index contributed by atoms with van der Waals surface area (Å²) in [4.78, 5) is 12.3. The molecule has 0 aliphatic heterocycles. The first-order chi connectivity index (χ1) is 15.5. The van der Waals surface area contributed by atoms with E-state index in [2.05, 4.69) is 48.7 Å². The molecule has 1 amide bonds. The van der Waals surface area contributed by atoms with Gasteiger partial charge in [0.2, 0.25) is 5.95 Å². The minimum Gasteiger partial charge on any atom is -0.490 e. The maximum atomic E-state index is 12.3. The van der Waals surface area contributed by atoms with Gasteiger partial charge in [0.15, 0.2) is 18.1 Å². The van der Waals surface area contributed by atoms with Crippen molar-refractivity contribution < 1.29 is 14.3 Å². The Balaban J connectivity index is 1.66. The monoisotopic (exact) mass is 500 g/mol. The molecule has 9 nitrogen and oxygen atoms in total. The second-order valence-electron chi connectivity index (χ2n) is 6.87. The molecule has 0 aliphatic carbocycles. The third-order valence-corrected chi connectivity index (χ3v) is 4.93. The molecule has 1 aromatic heterocycles. The Morgan fingerprint density at radius 1 is 1.25 bits per heavy atom. The molecule has 0 unspecified atom stereocenters. The van der Waals surface area contributed by atoms with Crippen LogP contribution in [-0.2, 0) is 17.9 Å². The quantitative estimate of drug-likeness (QED) is 0.384. The lowest BCUT2D eigenvalue weighted by atomic mass is 10.2. The highest BCUT2D eigenvalue weighted by atomic mass is 79.9. The smallest absolute Gasteiger partial charge is 0.262 e. The summed E-state index contributed by atoms with van der Waals surface area (Å²) in [6, 6.07) is 11.3. The summed E-state index contributed by atoms with van der Waals surface area (Å²) in [5, 5.41) is 17.5. The molecule has 0 atom stereocenters. The first-order valence-corrected chi connectivity index (χ1v) is 10.8. The van der Waals surface area contributed by atoms with Crippen LogP contribution in [-0.4, -0.2) is 39.3 Å². The predicted molar refractivity (Wildman–Crippen MR) is 126 cm³/mol. The largest absolute Gasteiger partial charge is 0.490 e. The van der Waals surface area contributed by atoms with Crippen molar-refractivity contribution >= 4 is 33.5 Å². The minimum atomic E-state index is -0.261. The van der Waals surface area contributed by atoms with Gasteiger partial charge in [-0.15, -0.1) is 6.58 Å². The van der Waals surface area contributed by atoms with E-state index >= 15 is 0 Å². The molecule has 2 N–H and O–H groups in total. The molecule has 0 spiro atoms. The highest BCUT2D eigenvalue weighted by Gasteiger charge is 2.15. The van der Waals surface area contributed by atoms with Gasteiger partial charge in [-0.05, 0) is 70.0 Å². The first-order valence-electron chi connectivity index (χ1n) is 10.1. The van der Waals surface area contributed by atoms with Gasteiger partial charge in [0.1, 0.15) is 0 Å². The van der Waals surface area contributed by atoms with E-state index in [0.29, 0.717) is 47.3 Å². The third kappa shape index (κ3) is 6.30. The van der Waals surface area contributed by atoms with Crippen molar-refractivity contribution in [3.05, 3.63) is 64.7 Å². The van der Waals surface area contributed by atoms with Crippen LogP contribution < -0.4 is 20.1 Å². The minimum absolute atomic E-state index is 0.152. The summed E-state index contributed by atoms with van der Waals surface area (Å²) < 4.78 is 13.8. The summed E-state index contributed by atoms with van der Waals surface area (Å²) in [6.45, 7) is 8.83. The molecule has 0 saturated carbocycles. The summed E-state index contributed by atoms with van der Waals surface area (Å²) in [6.07, 6.45) is 1.71. The number of amides is 1. The van der Waals surface area contributed by atoms with Gasteiger partial charge in [-0.1, -0.05) is 28.9 Å². The molecule has 0 radical (unpaired) electrons. The third-order valence-electron chi connectivity index (χ3n) is 4.34. The summed E-state index contributed by atoms with van der Waals surface area (Å²) in [5.74, 6) is 1.27. The molecule has 0 saturated heterocycles. The lowest BCUT2D eigenvalue weighted by Crippen LogP contribution is -2.20. The Morgan fingerprint density at radius 2 is 2.03 bits per heavy atom. The number of carbonyl (C=O) groups is 1. The second kappa shape index (κ2) is 11.3. The molecular formula is C22H25BrN6O3. The number of aryl methyl sites for hydroxylation is 1. The van der Waals surface area contributed by atoms with E-state index in [4.69, 9.17) is 9.47 Å². The fourth-order valence-corrected chi connectivity index (χ4v) is 3.46. The van der Waals surface area contributed by atoms with Crippen molar-refractivity contribution in [2.45, 2.75) is 26.9 Å². The van der Waals surface area contributed by atoms with Crippen LogP contribution >= 0.6 is 15.9 Å². The molecule has 0 bridgehead atoms. The Kier molecular flexibility index (Phi) is 8.20. The molecule has 0 aliphatic rings. The van der Waals surface area contributed by atoms with Gasteiger partial charge in [-0.25, -0.2) is 4.68 Å². The zero-order valence-corrected chi connectivity index (χ0v) is 19.6. The lowest BCUT2D eigenvalue weighted by molar-refractivity contribution is -0.118. The number of hydrogen-bond donors (Lipinski definition) is 2. The van der Waals surface area contributed by atoms with Crippen molar-refractivity contribution in [3.63, 3.8) is 0 Å². The number of carbonyl (C=O) groups excluding carboxylic acids is 1. The van der Waals surface area contributed by atoms with Gasteiger partial charge in [-0.2, -0.15) is 0 Å². The standard InChI is InChI=1S/C22H25BrN6O3/c1-4-10-29-22(26-27-28-29)24-13-16-11-18(23)21(19(12-16)31-5-2)32-14-20(30)25-17-8-6-15(3)7-9-17/h4,6-9,11-12H,1,5,10,13-14H2,2-3H3,(H,25,30)(H,24,26,28). The Morgan fingerprint density at radius 3 is 2.75 bits per heavy atom. The van der Waals surface area contributed by atoms with Gasteiger partial charge < -0.3 is 20.1 Å². The molecule has 1 heterocycles. The number of benzene rings is 2. The zero-order chi connectivity index (χ0) is 22.9. The number of rotatable bonds is 11. The van der Waals surface area contributed by atoms with E-state index in [9.17, 15) is 4.79 Å². The fourth-order valence-electron chi connectivity index (χ4n) is 2.86. The molecule has 32 heavy (non-hydrogen) atoms. The Bertz CT molecular complexity index is 1070. The zero-order valence-electron chi connectivity index (χ0n) is 18.0. The molecule has 2 aromatic carbocycles. The van der Waals surface area contributed by atoms with Gasteiger partial charge in [0, 0.05) is 12.2 Å². The molecule has 0 fully saturated rings. The number of allylic oxidation sites excluding steroid dienone is 1. The summed E-state index contributed by atoms with van der Waals surface area (Å²) in [7, 11) is 0. The van der Waals surface area contributed by atoms with Crippen molar-refractivity contribution in [1.29, 1.82) is 0 Å². The number of hydrogen-bond acceptors (Lipinski definition) is 7. The first kappa shape index (κ1) is 23.3. The Labute approximate surface area is 194 Å². The van der Waals surface area contributed by atoms with Gasteiger partial charge in [-0.3, -0.25) is 4.79 Å². The average Bonchev–Trinajstić information content (AvgIpc) is 3.21. The van der Waals surface area contributed by atoms with E-state index in [0.717, 1.165) is 11.1 Å². The number of aromatic nitrogens is 4. The number of halogens is 1. The molecule has 168 valence electrons. The number of ether oxygens (including phenoxy) is 2. The highest BCUT2D eigenvalue weighted by Crippen LogP contribution is 2.37. The maximum absolute atomic E-state index is 12.3. The number of tetrazole rings is 1. The van der Waals surface area contributed by atoms with Gasteiger partial charge in [0.05, 0.1) is 17.6 Å². The second-order valence-corrected chi connectivity index (χ2v) is 7.72. The Hall–Kier alpha value is -3.40. The van der Waals surface area contributed by atoms with Gasteiger partial charge >= 0.3 is 0 Å². The maximum Gasteiger partial charge on any atom is 0.262 e. The van der Waals surface area contributed by atoms with E-state index < -0.39 is 0 Å². The van der Waals surface area contributed by atoms with E-state index in [-0.39, 0.29) is 12.5 Å². The van der Waals surface area contributed by atoms with E-state index in [1.807, 2.05) is 50.2 Å². The van der Waals surface area contributed by atoms with Crippen LogP contribution in [0.3, 0.4) is 0 Å². The van der Waals surface area contributed by atoms with Crippen molar-refractivity contribution in [3.8, 4) is 11.5 Å². The number of nitrogens with zero attached hydrogens (tertiary/aromatic N) is 4. The van der Waals surface area contributed by atoms with Crippen molar-refractivity contribution in [1.82, 2.24) is 20.2 Å². The topological polar surface area (TPSA) is 103 Å². The SMILES string of the molecule is C=CCn1nnnc1NCc1cc(Br)c(OCC(=O)Nc2ccc(C)cc2)c(OCC)c1. The summed E-state index contributed by atoms with van der Waals surface area (Å²) >= 11 is 3.53. The lowest BCUT2D eigenvalue weighted by Gasteiger charge is -2.16. The predicted octanol–water partition coefficient (Wildman–Crippen LogP) is 3.96. The van der Waals surface area contributed by atoms with E-state index in [1.165, 1.54) is 0 Å². The number of anilines is 2. The normalized spacial score (nSPS) is 10.5. The van der Waals surface area contributed by atoms with Crippen molar-refractivity contribution in [2.75, 3.05) is 23.8 Å². The molecule has 3 rings (SSSR count).